The Morgan fingerprint density at radius 1 is 1.31 bits per heavy atom. The van der Waals surface area contributed by atoms with E-state index in [1.54, 1.807) is 26.4 Å². The standard InChI is InChI=1S/C9H11NO2S/c1-11-7-5-3-4-6(9(10)13)8(7)12-2/h3-5H,1-2H3,(H2,10,13). The van der Waals surface area contributed by atoms with E-state index >= 15 is 0 Å². The molecule has 70 valence electrons. The van der Waals surface area contributed by atoms with Crippen molar-refractivity contribution in [3.8, 4) is 11.5 Å². The smallest absolute Gasteiger partial charge is 0.170 e. The zero-order valence-electron chi connectivity index (χ0n) is 7.53. The lowest BCUT2D eigenvalue weighted by Gasteiger charge is -2.10. The quantitative estimate of drug-likeness (QED) is 0.743. The zero-order chi connectivity index (χ0) is 9.84. The van der Waals surface area contributed by atoms with Gasteiger partial charge in [0.2, 0.25) is 0 Å². The second kappa shape index (κ2) is 4.09. The predicted octanol–water partition coefficient (Wildman–Crippen LogP) is 1.34. The largest absolute Gasteiger partial charge is 0.493 e. The first-order valence-corrected chi connectivity index (χ1v) is 4.12. The molecule has 0 fully saturated rings. The van der Waals surface area contributed by atoms with E-state index in [4.69, 9.17) is 27.4 Å². The Bertz CT molecular complexity index is 325. The molecule has 0 amide bonds. The molecule has 3 nitrogen and oxygen atoms in total. The number of benzene rings is 1. The summed E-state index contributed by atoms with van der Waals surface area (Å²) in [5, 5.41) is 0. The molecular weight excluding hydrogens is 186 g/mol. The second-order valence-electron chi connectivity index (χ2n) is 2.41. The van der Waals surface area contributed by atoms with Gasteiger partial charge in [-0.1, -0.05) is 18.3 Å². The number of nitrogens with two attached hydrogens (primary N) is 1. The first-order chi connectivity index (χ1) is 6.20. The van der Waals surface area contributed by atoms with Gasteiger partial charge in [0.05, 0.1) is 19.8 Å². The molecule has 1 rings (SSSR count). The fourth-order valence-electron chi connectivity index (χ4n) is 1.08. The van der Waals surface area contributed by atoms with E-state index in [0.717, 1.165) is 0 Å². The van der Waals surface area contributed by atoms with E-state index in [2.05, 4.69) is 0 Å². The summed E-state index contributed by atoms with van der Waals surface area (Å²) in [5.74, 6) is 1.21. The summed E-state index contributed by atoms with van der Waals surface area (Å²) in [6, 6.07) is 5.40. The monoisotopic (exact) mass is 197 g/mol. The molecule has 4 heteroatoms. The number of hydrogen-bond acceptors (Lipinski definition) is 3. The first kappa shape index (κ1) is 9.80. The van der Waals surface area contributed by atoms with Gasteiger partial charge in [-0.05, 0) is 12.1 Å². The van der Waals surface area contributed by atoms with Crippen molar-refractivity contribution in [3.05, 3.63) is 23.8 Å². The molecule has 2 N–H and O–H groups in total. The second-order valence-corrected chi connectivity index (χ2v) is 2.85. The molecule has 1 aromatic carbocycles. The maximum Gasteiger partial charge on any atom is 0.170 e. The van der Waals surface area contributed by atoms with Crippen LogP contribution in [0.3, 0.4) is 0 Å². The van der Waals surface area contributed by atoms with Gasteiger partial charge in [0, 0.05) is 0 Å². The van der Waals surface area contributed by atoms with Gasteiger partial charge in [0.15, 0.2) is 11.5 Å². The van der Waals surface area contributed by atoms with Crippen molar-refractivity contribution in [2.75, 3.05) is 14.2 Å². The van der Waals surface area contributed by atoms with E-state index < -0.39 is 0 Å². The topological polar surface area (TPSA) is 44.5 Å². The van der Waals surface area contributed by atoms with Gasteiger partial charge in [-0.2, -0.15) is 0 Å². The van der Waals surface area contributed by atoms with Gasteiger partial charge in [-0.25, -0.2) is 0 Å². The average Bonchev–Trinajstić information content (AvgIpc) is 2.16. The van der Waals surface area contributed by atoms with Gasteiger partial charge in [-0.15, -0.1) is 0 Å². The van der Waals surface area contributed by atoms with Crippen LogP contribution in [-0.4, -0.2) is 19.2 Å². The van der Waals surface area contributed by atoms with Crippen LogP contribution in [0.25, 0.3) is 0 Å². The lowest BCUT2D eigenvalue weighted by atomic mass is 10.2. The fraction of sp³-hybridized carbons (Fsp3) is 0.222. The summed E-state index contributed by atoms with van der Waals surface area (Å²) >= 11 is 4.87. The first-order valence-electron chi connectivity index (χ1n) is 3.71. The van der Waals surface area contributed by atoms with Crippen LogP contribution in [-0.2, 0) is 0 Å². The van der Waals surface area contributed by atoms with E-state index in [1.165, 1.54) is 0 Å². The molecule has 13 heavy (non-hydrogen) atoms. The molecule has 0 bridgehead atoms. The Balaban J connectivity index is 3.27. The minimum absolute atomic E-state index is 0.302. The highest BCUT2D eigenvalue weighted by atomic mass is 32.1. The Morgan fingerprint density at radius 3 is 2.46 bits per heavy atom. The Labute approximate surface area is 82.5 Å². The van der Waals surface area contributed by atoms with Crippen LogP contribution in [0.15, 0.2) is 18.2 Å². The molecule has 0 saturated heterocycles. The Kier molecular flexibility index (Phi) is 3.08. The molecule has 0 radical (unpaired) electrons. The molecule has 0 aliphatic heterocycles. The number of para-hydroxylation sites is 1. The van der Waals surface area contributed by atoms with E-state index in [1.807, 2.05) is 6.07 Å². The third-order valence-electron chi connectivity index (χ3n) is 1.67. The SMILES string of the molecule is COc1cccc(C(N)=S)c1OC. The number of rotatable bonds is 3. The van der Waals surface area contributed by atoms with Crippen LogP contribution in [0, 0.1) is 0 Å². The lowest BCUT2D eigenvalue weighted by Crippen LogP contribution is -2.11. The summed E-state index contributed by atoms with van der Waals surface area (Å²) in [7, 11) is 3.13. The number of methoxy groups -OCH3 is 2. The summed E-state index contributed by atoms with van der Waals surface area (Å²) in [5.41, 5.74) is 6.20. The normalized spacial score (nSPS) is 9.38. The van der Waals surface area contributed by atoms with Crippen LogP contribution in [0.2, 0.25) is 0 Å². The van der Waals surface area contributed by atoms with Crippen molar-refractivity contribution in [2.24, 2.45) is 5.73 Å². The van der Waals surface area contributed by atoms with Crippen molar-refractivity contribution >= 4 is 17.2 Å². The molecular formula is C9H11NO2S. The molecule has 0 atom stereocenters. The highest BCUT2D eigenvalue weighted by Gasteiger charge is 2.10. The van der Waals surface area contributed by atoms with Crippen molar-refractivity contribution in [1.82, 2.24) is 0 Å². The molecule has 0 spiro atoms. The number of thiocarbonyl (C=S) groups is 1. The summed E-state index contributed by atoms with van der Waals surface area (Å²) in [6.45, 7) is 0. The van der Waals surface area contributed by atoms with Gasteiger partial charge in [0.25, 0.3) is 0 Å². The maximum atomic E-state index is 5.51. The molecule has 1 aromatic rings. The van der Waals surface area contributed by atoms with Gasteiger partial charge < -0.3 is 15.2 Å². The number of hydrogen-bond donors (Lipinski definition) is 1. The van der Waals surface area contributed by atoms with Gasteiger partial charge >= 0.3 is 0 Å². The van der Waals surface area contributed by atoms with E-state index in [9.17, 15) is 0 Å². The number of ether oxygens (including phenoxy) is 2. The average molecular weight is 197 g/mol. The highest BCUT2D eigenvalue weighted by Crippen LogP contribution is 2.30. The van der Waals surface area contributed by atoms with Crippen LogP contribution < -0.4 is 15.2 Å². The van der Waals surface area contributed by atoms with E-state index in [-0.39, 0.29) is 0 Å². The maximum absolute atomic E-state index is 5.51. The summed E-state index contributed by atoms with van der Waals surface area (Å²) < 4.78 is 10.2. The summed E-state index contributed by atoms with van der Waals surface area (Å²) in [6.07, 6.45) is 0. The molecule has 0 aliphatic rings. The highest BCUT2D eigenvalue weighted by molar-refractivity contribution is 7.80. The van der Waals surface area contributed by atoms with Crippen LogP contribution in [0.1, 0.15) is 5.56 Å². The molecule has 0 unspecified atom stereocenters. The molecule has 0 aromatic heterocycles. The Morgan fingerprint density at radius 2 is 2.00 bits per heavy atom. The predicted molar refractivity (Wildman–Crippen MR) is 55.4 cm³/mol. The summed E-state index contributed by atoms with van der Waals surface area (Å²) in [4.78, 5) is 0.302. The third kappa shape index (κ3) is 1.89. The third-order valence-corrected chi connectivity index (χ3v) is 1.89. The Hall–Kier alpha value is -1.29. The molecule has 0 heterocycles. The minimum Gasteiger partial charge on any atom is -0.493 e. The van der Waals surface area contributed by atoms with Crippen LogP contribution in [0.4, 0.5) is 0 Å². The zero-order valence-corrected chi connectivity index (χ0v) is 8.35. The fourth-order valence-corrected chi connectivity index (χ4v) is 1.24. The lowest BCUT2D eigenvalue weighted by molar-refractivity contribution is 0.354. The molecule has 0 aliphatic carbocycles. The van der Waals surface area contributed by atoms with Crippen LogP contribution in [0.5, 0.6) is 11.5 Å². The van der Waals surface area contributed by atoms with Gasteiger partial charge in [-0.3, -0.25) is 0 Å². The van der Waals surface area contributed by atoms with E-state index in [0.29, 0.717) is 22.1 Å². The van der Waals surface area contributed by atoms with Crippen molar-refractivity contribution in [1.29, 1.82) is 0 Å². The van der Waals surface area contributed by atoms with Crippen molar-refractivity contribution in [2.45, 2.75) is 0 Å². The van der Waals surface area contributed by atoms with Gasteiger partial charge in [0.1, 0.15) is 4.99 Å². The minimum atomic E-state index is 0.302. The van der Waals surface area contributed by atoms with Crippen molar-refractivity contribution < 1.29 is 9.47 Å². The van der Waals surface area contributed by atoms with Crippen molar-refractivity contribution in [3.63, 3.8) is 0 Å². The van der Waals surface area contributed by atoms with Crippen LogP contribution >= 0.6 is 12.2 Å². The molecule has 0 saturated carbocycles.